The average molecular weight is 333 g/mol. The smallest absolute Gasteiger partial charge is 0.269 e. The molecule has 7 heteroatoms. The molecule has 1 amide bonds. The van der Waals surface area contributed by atoms with Crippen LogP contribution in [0.25, 0.3) is 0 Å². The standard InChI is InChI=1S/C16H23N5OS/c1-12-19-14(10-23-12)9-21-5-3-13(4-6-21)7-18-16(22)15-8-17-11-20(15)2/h8,10-11,13H,3-7,9H2,1-2H3,(H,18,22). The minimum Gasteiger partial charge on any atom is -0.350 e. The fourth-order valence-corrected chi connectivity index (χ4v) is 3.57. The Bertz CT molecular complexity index is 657. The van der Waals surface area contributed by atoms with Crippen molar-refractivity contribution in [1.82, 2.24) is 24.8 Å². The zero-order valence-corrected chi connectivity index (χ0v) is 14.5. The number of thiazole rings is 1. The van der Waals surface area contributed by atoms with Crippen LogP contribution in [0.2, 0.25) is 0 Å². The van der Waals surface area contributed by atoms with E-state index < -0.39 is 0 Å². The van der Waals surface area contributed by atoms with Crippen molar-refractivity contribution in [3.05, 3.63) is 34.3 Å². The molecular weight excluding hydrogens is 310 g/mol. The summed E-state index contributed by atoms with van der Waals surface area (Å²) in [7, 11) is 1.83. The van der Waals surface area contributed by atoms with Crippen LogP contribution in [-0.2, 0) is 13.6 Å². The van der Waals surface area contributed by atoms with Gasteiger partial charge in [0.15, 0.2) is 0 Å². The van der Waals surface area contributed by atoms with Crippen molar-refractivity contribution in [3.8, 4) is 0 Å². The van der Waals surface area contributed by atoms with E-state index in [9.17, 15) is 4.79 Å². The fourth-order valence-electron chi connectivity index (χ4n) is 2.96. The highest BCUT2D eigenvalue weighted by molar-refractivity contribution is 7.09. The number of piperidine rings is 1. The molecule has 1 N–H and O–H groups in total. The second-order valence-corrected chi connectivity index (χ2v) is 7.24. The van der Waals surface area contributed by atoms with Gasteiger partial charge in [0.05, 0.1) is 23.2 Å². The topological polar surface area (TPSA) is 63.1 Å². The molecular formula is C16H23N5OS. The molecule has 1 aliphatic rings. The molecule has 2 aromatic heterocycles. The molecule has 0 saturated carbocycles. The predicted octanol–water partition coefficient (Wildman–Crippen LogP) is 1.83. The lowest BCUT2D eigenvalue weighted by Crippen LogP contribution is -2.38. The number of rotatable bonds is 5. The molecule has 0 spiro atoms. The number of carbonyl (C=O) groups is 1. The predicted molar refractivity (Wildman–Crippen MR) is 90.4 cm³/mol. The zero-order valence-electron chi connectivity index (χ0n) is 13.7. The molecule has 1 aliphatic heterocycles. The van der Waals surface area contributed by atoms with Gasteiger partial charge in [-0.05, 0) is 38.8 Å². The van der Waals surface area contributed by atoms with Crippen LogP contribution < -0.4 is 5.32 Å². The van der Waals surface area contributed by atoms with Gasteiger partial charge in [-0.2, -0.15) is 0 Å². The minimum atomic E-state index is -0.0367. The summed E-state index contributed by atoms with van der Waals surface area (Å²) in [5.41, 5.74) is 1.79. The van der Waals surface area contributed by atoms with E-state index in [0.29, 0.717) is 11.6 Å². The third-order valence-electron chi connectivity index (χ3n) is 4.36. The highest BCUT2D eigenvalue weighted by Crippen LogP contribution is 2.19. The third-order valence-corrected chi connectivity index (χ3v) is 5.18. The first-order valence-electron chi connectivity index (χ1n) is 7.99. The monoisotopic (exact) mass is 333 g/mol. The van der Waals surface area contributed by atoms with Crippen molar-refractivity contribution in [3.63, 3.8) is 0 Å². The van der Waals surface area contributed by atoms with Crippen LogP contribution in [0.5, 0.6) is 0 Å². The first-order chi connectivity index (χ1) is 11.1. The van der Waals surface area contributed by atoms with Gasteiger partial charge >= 0.3 is 0 Å². The van der Waals surface area contributed by atoms with Crippen LogP contribution in [0.3, 0.4) is 0 Å². The van der Waals surface area contributed by atoms with E-state index in [4.69, 9.17) is 0 Å². The minimum absolute atomic E-state index is 0.0367. The maximum Gasteiger partial charge on any atom is 0.269 e. The summed E-state index contributed by atoms with van der Waals surface area (Å²) in [6.45, 7) is 5.88. The lowest BCUT2D eigenvalue weighted by molar-refractivity contribution is 0.0927. The normalized spacial score (nSPS) is 16.6. The number of nitrogens with zero attached hydrogens (tertiary/aromatic N) is 4. The largest absolute Gasteiger partial charge is 0.350 e. The first-order valence-corrected chi connectivity index (χ1v) is 8.87. The summed E-state index contributed by atoms with van der Waals surface area (Å²) in [5.74, 6) is 0.519. The Morgan fingerprint density at radius 2 is 2.22 bits per heavy atom. The van der Waals surface area contributed by atoms with Crippen molar-refractivity contribution in [1.29, 1.82) is 0 Å². The third kappa shape index (κ3) is 4.17. The first kappa shape index (κ1) is 16.1. The van der Waals surface area contributed by atoms with Crippen molar-refractivity contribution < 1.29 is 4.79 Å². The van der Waals surface area contributed by atoms with E-state index >= 15 is 0 Å². The van der Waals surface area contributed by atoms with Gasteiger partial charge in [-0.15, -0.1) is 11.3 Å². The summed E-state index contributed by atoms with van der Waals surface area (Å²) in [6, 6.07) is 0. The van der Waals surface area contributed by atoms with E-state index in [0.717, 1.165) is 44.0 Å². The van der Waals surface area contributed by atoms with Crippen LogP contribution in [0.4, 0.5) is 0 Å². The van der Waals surface area contributed by atoms with Crippen molar-refractivity contribution in [2.24, 2.45) is 13.0 Å². The molecule has 3 heterocycles. The number of aryl methyl sites for hydroxylation is 2. The molecule has 0 atom stereocenters. The Kier molecular flexibility index (Phi) is 5.07. The Hall–Kier alpha value is -1.73. The highest BCUT2D eigenvalue weighted by atomic mass is 32.1. The van der Waals surface area contributed by atoms with Crippen LogP contribution in [-0.4, -0.2) is 45.0 Å². The zero-order chi connectivity index (χ0) is 16.2. The van der Waals surface area contributed by atoms with Crippen LogP contribution >= 0.6 is 11.3 Å². The van der Waals surface area contributed by atoms with Crippen LogP contribution in [0.1, 0.15) is 34.0 Å². The number of nitrogens with one attached hydrogen (secondary N) is 1. The number of hydrogen-bond acceptors (Lipinski definition) is 5. The molecule has 1 saturated heterocycles. The average Bonchev–Trinajstić information content (AvgIpc) is 3.15. The van der Waals surface area contributed by atoms with Gasteiger partial charge in [0.25, 0.3) is 5.91 Å². The molecule has 0 aromatic carbocycles. The maximum absolute atomic E-state index is 12.1. The lowest BCUT2D eigenvalue weighted by Gasteiger charge is -2.31. The Morgan fingerprint density at radius 1 is 1.43 bits per heavy atom. The summed E-state index contributed by atoms with van der Waals surface area (Å²) in [4.78, 5) is 23.1. The summed E-state index contributed by atoms with van der Waals surface area (Å²) >= 11 is 1.71. The fraction of sp³-hybridized carbons (Fsp3) is 0.562. The Morgan fingerprint density at radius 3 is 2.83 bits per heavy atom. The second kappa shape index (κ2) is 7.23. The number of imidazole rings is 1. The van der Waals surface area contributed by atoms with E-state index in [2.05, 4.69) is 25.6 Å². The molecule has 0 radical (unpaired) electrons. The van der Waals surface area contributed by atoms with E-state index in [1.807, 2.05) is 14.0 Å². The van der Waals surface area contributed by atoms with Gasteiger partial charge in [-0.1, -0.05) is 0 Å². The summed E-state index contributed by atoms with van der Waals surface area (Å²) in [6.07, 6.45) is 5.49. The molecule has 124 valence electrons. The lowest BCUT2D eigenvalue weighted by atomic mass is 9.96. The highest BCUT2D eigenvalue weighted by Gasteiger charge is 2.21. The van der Waals surface area contributed by atoms with Gasteiger partial charge < -0.3 is 9.88 Å². The number of likely N-dealkylation sites (tertiary alicyclic amines) is 1. The van der Waals surface area contributed by atoms with Gasteiger partial charge in [-0.25, -0.2) is 9.97 Å². The molecule has 0 bridgehead atoms. The Balaban J connectivity index is 1.41. The van der Waals surface area contributed by atoms with Crippen LogP contribution in [0.15, 0.2) is 17.9 Å². The molecule has 0 unspecified atom stereocenters. The van der Waals surface area contributed by atoms with Gasteiger partial charge in [0.2, 0.25) is 0 Å². The SMILES string of the molecule is Cc1nc(CN2CCC(CNC(=O)c3cncn3C)CC2)cs1. The molecule has 6 nitrogen and oxygen atoms in total. The molecule has 23 heavy (non-hydrogen) atoms. The Labute approximate surface area is 140 Å². The van der Waals surface area contributed by atoms with Crippen LogP contribution in [0, 0.1) is 12.8 Å². The van der Waals surface area contributed by atoms with Gasteiger partial charge in [0.1, 0.15) is 5.69 Å². The van der Waals surface area contributed by atoms with E-state index in [-0.39, 0.29) is 5.91 Å². The van der Waals surface area contributed by atoms with E-state index in [1.165, 1.54) is 5.69 Å². The number of aromatic nitrogens is 3. The molecule has 0 aliphatic carbocycles. The van der Waals surface area contributed by atoms with Crippen molar-refractivity contribution in [2.45, 2.75) is 26.3 Å². The van der Waals surface area contributed by atoms with Crippen molar-refractivity contribution >= 4 is 17.2 Å². The summed E-state index contributed by atoms with van der Waals surface area (Å²) in [5, 5.41) is 6.32. The quantitative estimate of drug-likeness (QED) is 0.907. The molecule has 2 aromatic rings. The van der Waals surface area contributed by atoms with Gasteiger partial charge in [-0.3, -0.25) is 9.69 Å². The maximum atomic E-state index is 12.1. The number of hydrogen-bond donors (Lipinski definition) is 1. The molecule has 1 fully saturated rings. The summed E-state index contributed by atoms with van der Waals surface area (Å²) < 4.78 is 1.74. The van der Waals surface area contributed by atoms with Crippen molar-refractivity contribution in [2.75, 3.05) is 19.6 Å². The van der Waals surface area contributed by atoms with Gasteiger partial charge in [0, 0.05) is 25.5 Å². The second-order valence-electron chi connectivity index (χ2n) is 6.18. The number of amides is 1. The molecule has 3 rings (SSSR count). The van der Waals surface area contributed by atoms with E-state index in [1.54, 1.807) is 28.4 Å². The number of carbonyl (C=O) groups excluding carboxylic acids is 1.